The SMILES string of the molecule is CC(C)CCC(C)C.CCC. The molecule has 70 valence electrons. The Labute approximate surface area is 73.4 Å². The Bertz CT molecular complexity index is 45.1. The van der Waals surface area contributed by atoms with Gasteiger partial charge in [0.15, 0.2) is 0 Å². The molecule has 11 heavy (non-hydrogen) atoms. The van der Waals surface area contributed by atoms with Crippen molar-refractivity contribution in [2.24, 2.45) is 11.8 Å². The molecule has 0 amide bonds. The van der Waals surface area contributed by atoms with Gasteiger partial charge in [-0.1, -0.05) is 60.8 Å². The number of rotatable bonds is 3. The molecule has 0 atom stereocenters. The minimum atomic E-state index is 0.886. The molecule has 0 aromatic heterocycles. The number of hydrogen-bond donors (Lipinski definition) is 0. The van der Waals surface area contributed by atoms with Gasteiger partial charge < -0.3 is 0 Å². The van der Waals surface area contributed by atoms with Crippen LogP contribution in [0.3, 0.4) is 0 Å². The molecule has 0 rings (SSSR count). The first-order chi connectivity index (χ1) is 5.04. The van der Waals surface area contributed by atoms with Gasteiger partial charge in [0.05, 0.1) is 0 Å². The van der Waals surface area contributed by atoms with E-state index < -0.39 is 0 Å². The van der Waals surface area contributed by atoms with Gasteiger partial charge in [0.25, 0.3) is 0 Å². The second kappa shape index (κ2) is 10.0. The van der Waals surface area contributed by atoms with Crippen molar-refractivity contribution >= 4 is 0 Å². The van der Waals surface area contributed by atoms with Crippen molar-refractivity contribution in [3.05, 3.63) is 0 Å². The van der Waals surface area contributed by atoms with Crippen LogP contribution in [0.1, 0.15) is 60.8 Å². The van der Waals surface area contributed by atoms with Crippen molar-refractivity contribution in [1.29, 1.82) is 0 Å². The average Bonchev–Trinajstić information content (AvgIpc) is 1.85. The van der Waals surface area contributed by atoms with E-state index in [4.69, 9.17) is 0 Å². The standard InChI is InChI=1S/C8H18.C3H8/c1-7(2)5-6-8(3)4;1-3-2/h7-8H,5-6H2,1-4H3;3H2,1-2H3. The fourth-order valence-electron chi connectivity index (χ4n) is 0.667. The van der Waals surface area contributed by atoms with Crippen LogP contribution in [0.25, 0.3) is 0 Å². The zero-order valence-electron chi connectivity index (χ0n) is 9.28. The normalized spacial score (nSPS) is 9.82. The highest BCUT2D eigenvalue weighted by Crippen LogP contribution is 2.09. The first-order valence-corrected chi connectivity index (χ1v) is 5.04. The fraction of sp³-hybridized carbons (Fsp3) is 1.00. The summed E-state index contributed by atoms with van der Waals surface area (Å²) in [5.74, 6) is 1.77. The van der Waals surface area contributed by atoms with E-state index in [0.717, 1.165) is 11.8 Å². The Morgan fingerprint density at radius 1 is 0.727 bits per heavy atom. The lowest BCUT2D eigenvalue weighted by atomic mass is 10.0. The summed E-state index contributed by atoms with van der Waals surface area (Å²) >= 11 is 0. The molecule has 0 spiro atoms. The zero-order valence-corrected chi connectivity index (χ0v) is 9.28. The Kier molecular flexibility index (Phi) is 12.3. The lowest BCUT2D eigenvalue weighted by Crippen LogP contribution is -1.91. The first-order valence-electron chi connectivity index (χ1n) is 5.04. The lowest BCUT2D eigenvalue weighted by molar-refractivity contribution is 0.476. The Morgan fingerprint density at radius 2 is 0.909 bits per heavy atom. The highest BCUT2D eigenvalue weighted by molar-refractivity contribution is 4.48. The molecular formula is C11H26. The van der Waals surface area contributed by atoms with Gasteiger partial charge in [-0.25, -0.2) is 0 Å². The van der Waals surface area contributed by atoms with E-state index in [1.165, 1.54) is 19.3 Å². The predicted molar refractivity (Wildman–Crippen MR) is 54.9 cm³/mol. The van der Waals surface area contributed by atoms with Gasteiger partial charge >= 0.3 is 0 Å². The van der Waals surface area contributed by atoms with E-state index in [0.29, 0.717) is 0 Å². The second-order valence-corrected chi connectivity index (χ2v) is 4.07. The second-order valence-electron chi connectivity index (χ2n) is 4.07. The Morgan fingerprint density at radius 3 is 1.00 bits per heavy atom. The van der Waals surface area contributed by atoms with Gasteiger partial charge in [-0.3, -0.25) is 0 Å². The molecule has 0 aromatic carbocycles. The van der Waals surface area contributed by atoms with Crippen molar-refractivity contribution in [2.45, 2.75) is 60.8 Å². The Hall–Kier alpha value is 0. The number of hydrogen-bond acceptors (Lipinski definition) is 0. The summed E-state index contributed by atoms with van der Waals surface area (Å²) in [5.41, 5.74) is 0. The van der Waals surface area contributed by atoms with Crippen molar-refractivity contribution in [2.75, 3.05) is 0 Å². The van der Waals surface area contributed by atoms with Crippen LogP contribution in [-0.2, 0) is 0 Å². The topological polar surface area (TPSA) is 0 Å². The van der Waals surface area contributed by atoms with Gasteiger partial charge in [0.1, 0.15) is 0 Å². The summed E-state index contributed by atoms with van der Waals surface area (Å²) in [5, 5.41) is 0. The van der Waals surface area contributed by atoms with E-state index in [1.54, 1.807) is 0 Å². The molecular weight excluding hydrogens is 132 g/mol. The molecule has 0 radical (unpaired) electrons. The van der Waals surface area contributed by atoms with Crippen LogP contribution in [0.2, 0.25) is 0 Å². The summed E-state index contributed by atoms with van der Waals surface area (Å²) in [7, 11) is 0. The quantitative estimate of drug-likeness (QED) is 0.567. The zero-order chi connectivity index (χ0) is 9.28. The van der Waals surface area contributed by atoms with Crippen LogP contribution in [0.15, 0.2) is 0 Å². The third kappa shape index (κ3) is 25.6. The molecule has 0 aliphatic rings. The largest absolute Gasteiger partial charge is 0.0656 e. The maximum Gasteiger partial charge on any atom is -0.0471 e. The maximum atomic E-state index is 2.28. The van der Waals surface area contributed by atoms with E-state index in [1.807, 2.05) is 0 Å². The van der Waals surface area contributed by atoms with Crippen LogP contribution in [-0.4, -0.2) is 0 Å². The third-order valence-corrected chi connectivity index (χ3v) is 1.32. The van der Waals surface area contributed by atoms with Crippen molar-refractivity contribution in [1.82, 2.24) is 0 Å². The first kappa shape index (κ1) is 13.6. The fourth-order valence-corrected chi connectivity index (χ4v) is 0.667. The molecule has 0 heteroatoms. The van der Waals surface area contributed by atoms with Crippen LogP contribution in [0, 0.1) is 11.8 Å². The molecule has 0 bridgehead atoms. The molecule has 0 saturated heterocycles. The molecule has 0 heterocycles. The summed E-state index contributed by atoms with van der Waals surface area (Å²) < 4.78 is 0. The molecule has 0 aliphatic heterocycles. The molecule has 0 nitrogen and oxygen atoms in total. The van der Waals surface area contributed by atoms with Gasteiger partial charge in [-0.2, -0.15) is 0 Å². The highest BCUT2D eigenvalue weighted by atomic mass is 14.0. The Balaban J connectivity index is 0. The minimum Gasteiger partial charge on any atom is -0.0656 e. The summed E-state index contributed by atoms with van der Waals surface area (Å²) in [4.78, 5) is 0. The van der Waals surface area contributed by atoms with E-state index in [-0.39, 0.29) is 0 Å². The molecule has 0 unspecified atom stereocenters. The van der Waals surface area contributed by atoms with Crippen molar-refractivity contribution in [3.8, 4) is 0 Å². The maximum absolute atomic E-state index is 2.28. The van der Waals surface area contributed by atoms with Crippen LogP contribution < -0.4 is 0 Å². The van der Waals surface area contributed by atoms with Gasteiger partial charge in [0.2, 0.25) is 0 Å². The summed E-state index contributed by atoms with van der Waals surface area (Å²) in [6.45, 7) is 13.4. The molecule has 0 aliphatic carbocycles. The van der Waals surface area contributed by atoms with Gasteiger partial charge in [-0.15, -0.1) is 0 Å². The van der Waals surface area contributed by atoms with Crippen molar-refractivity contribution in [3.63, 3.8) is 0 Å². The smallest absolute Gasteiger partial charge is 0.0471 e. The van der Waals surface area contributed by atoms with Gasteiger partial charge in [0, 0.05) is 0 Å². The predicted octanol–water partition coefficient (Wildman–Crippen LogP) is 4.49. The van der Waals surface area contributed by atoms with E-state index in [2.05, 4.69) is 41.5 Å². The molecule has 0 fully saturated rings. The van der Waals surface area contributed by atoms with Gasteiger partial charge in [-0.05, 0) is 11.8 Å². The molecule has 0 N–H and O–H groups in total. The van der Waals surface area contributed by atoms with E-state index in [9.17, 15) is 0 Å². The molecule has 0 saturated carbocycles. The highest BCUT2D eigenvalue weighted by Gasteiger charge is 1.95. The van der Waals surface area contributed by atoms with Crippen LogP contribution in [0.5, 0.6) is 0 Å². The van der Waals surface area contributed by atoms with Crippen molar-refractivity contribution < 1.29 is 0 Å². The summed E-state index contributed by atoms with van der Waals surface area (Å²) in [6.07, 6.45) is 4.02. The van der Waals surface area contributed by atoms with Crippen LogP contribution in [0.4, 0.5) is 0 Å². The average molecular weight is 158 g/mol. The monoisotopic (exact) mass is 158 g/mol. The summed E-state index contributed by atoms with van der Waals surface area (Å²) in [6, 6.07) is 0. The third-order valence-electron chi connectivity index (χ3n) is 1.32. The van der Waals surface area contributed by atoms with E-state index >= 15 is 0 Å². The lowest BCUT2D eigenvalue weighted by Gasteiger charge is -2.05. The van der Waals surface area contributed by atoms with Crippen LogP contribution >= 0.6 is 0 Å². The minimum absolute atomic E-state index is 0.886. The molecule has 0 aromatic rings.